The normalized spacial score (nSPS) is 10.6. The molecular weight excluding hydrogens is 384 g/mol. The molecule has 0 aliphatic rings. The number of ether oxygens (including phenoxy) is 1. The van der Waals surface area contributed by atoms with Crippen molar-refractivity contribution in [3.63, 3.8) is 0 Å². The Morgan fingerprint density at radius 1 is 1.04 bits per heavy atom. The van der Waals surface area contributed by atoms with Gasteiger partial charge in [0, 0.05) is 15.6 Å². The molecule has 0 bridgehead atoms. The van der Waals surface area contributed by atoms with Crippen molar-refractivity contribution in [2.24, 2.45) is 0 Å². The molecule has 2 aromatic carbocycles. The van der Waals surface area contributed by atoms with Crippen molar-refractivity contribution < 1.29 is 14.3 Å². The summed E-state index contributed by atoms with van der Waals surface area (Å²) in [4.78, 5) is 24.9. The number of hydrogen-bond acceptors (Lipinski definition) is 4. The summed E-state index contributed by atoms with van der Waals surface area (Å²) >= 11 is 7.56. The standard InChI is InChI=1S/C20H19ClN2O3S/c1-2-3-12-26-14-10-8-13(9-11-14)19(24)22-23-20(25)18-17(21)15-6-4-5-7-16(15)27-18/h4-11H,2-3,12H2,1H3,(H,22,24)(H,23,25). The van der Waals surface area contributed by atoms with Gasteiger partial charge in [0.1, 0.15) is 10.6 Å². The van der Waals surface area contributed by atoms with Gasteiger partial charge in [-0.2, -0.15) is 0 Å². The molecule has 0 radical (unpaired) electrons. The van der Waals surface area contributed by atoms with Crippen LogP contribution in [0.25, 0.3) is 10.1 Å². The van der Waals surface area contributed by atoms with Gasteiger partial charge in [0.05, 0.1) is 11.6 Å². The zero-order valence-corrected chi connectivity index (χ0v) is 16.3. The van der Waals surface area contributed by atoms with Crippen LogP contribution in [-0.4, -0.2) is 18.4 Å². The van der Waals surface area contributed by atoms with Crippen molar-refractivity contribution in [3.8, 4) is 5.75 Å². The second-order valence-corrected chi connectivity index (χ2v) is 7.31. The molecule has 5 nitrogen and oxygen atoms in total. The second-order valence-electron chi connectivity index (χ2n) is 5.88. The minimum absolute atomic E-state index is 0.359. The van der Waals surface area contributed by atoms with Crippen LogP contribution in [0.3, 0.4) is 0 Å². The summed E-state index contributed by atoms with van der Waals surface area (Å²) in [6.07, 6.45) is 2.04. The van der Waals surface area contributed by atoms with E-state index in [1.54, 1.807) is 24.3 Å². The fourth-order valence-corrected chi connectivity index (χ4v) is 3.85. The Balaban J connectivity index is 1.59. The Hall–Kier alpha value is -2.57. The van der Waals surface area contributed by atoms with E-state index in [1.807, 2.05) is 24.3 Å². The average molecular weight is 403 g/mol. The molecule has 1 aromatic heterocycles. The number of halogens is 1. The van der Waals surface area contributed by atoms with E-state index in [0.29, 0.717) is 27.8 Å². The van der Waals surface area contributed by atoms with Crippen LogP contribution < -0.4 is 15.6 Å². The molecule has 3 aromatic rings. The number of nitrogens with one attached hydrogen (secondary N) is 2. The number of hydrogen-bond donors (Lipinski definition) is 2. The zero-order chi connectivity index (χ0) is 19.2. The molecule has 0 unspecified atom stereocenters. The monoisotopic (exact) mass is 402 g/mol. The minimum Gasteiger partial charge on any atom is -0.494 e. The molecule has 3 rings (SSSR count). The van der Waals surface area contributed by atoms with Crippen LogP contribution in [0.4, 0.5) is 0 Å². The van der Waals surface area contributed by atoms with Gasteiger partial charge in [-0.1, -0.05) is 43.1 Å². The molecule has 0 spiro atoms. The summed E-state index contributed by atoms with van der Waals surface area (Å²) in [7, 11) is 0. The van der Waals surface area contributed by atoms with E-state index in [4.69, 9.17) is 16.3 Å². The third kappa shape index (κ3) is 4.59. The van der Waals surface area contributed by atoms with Crippen LogP contribution >= 0.6 is 22.9 Å². The number of carbonyl (C=O) groups excluding carboxylic acids is 2. The quantitative estimate of drug-likeness (QED) is 0.459. The molecule has 0 fully saturated rings. The molecule has 2 N–H and O–H groups in total. The molecule has 2 amide bonds. The van der Waals surface area contributed by atoms with Gasteiger partial charge >= 0.3 is 0 Å². The lowest BCUT2D eigenvalue weighted by atomic mass is 10.2. The highest BCUT2D eigenvalue weighted by Crippen LogP contribution is 2.34. The highest BCUT2D eigenvalue weighted by Gasteiger charge is 2.17. The third-order valence-corrected chi connectivity index (χ3v) is 5.59. The molecule has 27 heavy (non-hydrogen) atoms. The fraction of sp³-hybridized carbons (Fsp3) is 0.200. The Bertz CT molecular complexity index is 954. The molecule has 140 valence electrons. The van der Waals surface area contributed by atoms with E-state index < -0.39 is 11.8 Å². The summed E-state index contributed by atoms with van der Waals surface area (Å²) < 4.78 is 6.48. The van der Waals surface area contributed by atoms with Crippen LogP contribution in [0.15, 0.2) is 48.5 Å². The lowest BCUT2D eigenvalue weighted by Crippen LogP contribution is -2.41. The summed E-state index contributed by atoms with van der Waals surface area (Å²) in [5.74, 6) is -0.157. The van der Waals surface area contributed by atoms with Gasteiger partial charge in [0.25, 0.3) is 11.8 Å². The number of benzene rings is 2. The first-order valence-electron chi connectivity index (χ1n) is 8.60. The van der Waals surface area contributed by atoms with Crippen molar-refractivity contribution in [3.05, 3.63) is 64.0 Å². The smallest absolute Gasteiger partial charge is 0.281 e. The number of thiophene rings is 1. The first kappa shape index (κ1) is 19.2. The van der Waals surface area contributed by atoms with E-state index in [1.165, 1.54) is 11.3 Å². The number of fused-ring (bicyclic) bond motifs is 1. The van der Waals surface area contributed by atoms with Gasteiger partial charge in [0.15, 0.2) is 0 Å². The molecule has 0 atom stereocenters. The molecular formula is C20H19ClN2O3S. The van der Waals surface area contributed by atoms with Crippen molar-refractivity contribution >= 4 is 44.8 Å². The third-order valence-electron chi connectivity index (χ3n) is 3.91. The average Bonchev–Trinajstić information content (AvgIpc) is 3.04. The summed E-state index contributed by atoms with van der Waals surface area (Å²) in [5, 5.41) is 1.20. The summed E-state index contributed by atoms with van der Waals surface area (Å²) in [6.45, 7) is 2.74. The van der Waals surface area contributed by atoms with E-state index in [2.05, 4.69) is 17.8 Å². The SMILES string of the molecule is CCCCOc1ccc(C(=O)NNC(=O)c2sc3ccccc3c2Cl)cc1. The maximum absolute atomic E-state index is 12.4. The first-order valence-corrected chi connectivity index (χ1v) is 9.80. The van der Waals surface area contributed by atoms with Crippen molar-refractivity contribution in [1.29, 1.82) is 0 Å². The zero-order valence-electron chi connectivity index (χ0n) is 14.8. The predicted octanol–water partition coefficient (Wildman–Crippen LogP) is 4.81. The number of carbonyl (C=O) groups is 2. The van der Waals surface area contributed by atoms with Crippen molar-refractivity contribution in [1.82, 2.24) is 10.9 Å². The summed E-state index contributed by atoms with van der Waals surface area (Å²) in [5.41, 5.74) is 5.24. The molecule has 0 saturated carbocycles. The second kappa shape index (κ2) is 8.88. The Morgan fingerprint density at radius 2 is 1.74 bits per heavy atom. The highest BCUT2D eigenvalue weighted by atomic mass is 35.5. The van der Waals surface area contributed by atoms with Crippen LogP contribution in [0, 0.1) is 0 Å². The minimum atomic E-state index is -0.450. The first-order chi connectivity index (χ1) is 13.1. The lowest BCUT2D eigenvalue weighted by Gasteiger charge is -2.08. The number of hydrazine groups is 1. The van der Waals surface area contributed by atoms with Gasteiger partial charge in [-0.15, -0.1) is 11.3 Å². The molecule has 0 aliphatic carbocycles. The number of unbranched alkanes of at least 4 members (excludes halogenated alkanes) is 1. The Morgan fingerprint density at radius 3 is 2.44 bits per heavy atom. The lowest BCUT2D eigenvalue weighted by molar-refractivity contribution is 0.0849. The van der Waals surface area contributed by atoms with E-state index in [9.17, 15) is 9.59 Å². The van der Waals surface area contributed by atoms with Gasteiger partial charge in [-0.25, -0.2) is 0 Å². The van der Waals surface area contributed by atoms with Gasteiger partial charge < -0.3 is 4.74 Å². The van der Waals surface area contributed by atoms with Crippen molar-refractivity contribution in [2.45, 2.75) is 19.8 Å². The topological polar surface area (TPSA) is 67.4 Å². The van der Waals surface area contributed by atoms with Crippen LogP contribution in [0.2, 0.25) is 5.02 Å². The van der Waals surface area contributed by atoms with Gasteiger partial charge in [-0.05, 0) is 36.8 Å². The van der Waals surface area contributed by atoms with Gasteiger partial charge in [-0.3, -0.25) is 20.4 Å². The Labute approximate surface area is 166 Å². The van der Waals surface area contributed by atoms with E-state index in [-0.39, 0.29) is 0 Å². The molecule has 0 aliphatic heterocycles. The van der Waals surface area contributed by atoms with Crippen molar-refractivity contribution in [2.75, 3.05) is 6.61 Å². The van der Waals surface area contributed by atoms with Crippen LogP contribution in [0.5, 0.6) is 5.75 Å². The Kier molecular flexibility index (Phi) is 6.32. The highest BCUT2D eigenvalue weighted by molar-refractivity contribution is 7.21. The number of amides is 2. The molecule has 1 heterocycles. The summed E-state index contributed by atoms with van der Waals surface area (Å²) in [6, 6.07) is 14.3. The molecule has 7 heteroatoms. The maximum Gasteiger partial charge on any atom is 0.281 e. The van der Waals surface area contributed by atoms with Gasteiger partial charge in [0.2, 0.25) is 0 Å². The fourth-order valence-electron chi connectivity index (χ4n) is 2.44. The largest absolute Gasteiger partial charge is 0.494 e. The van der Waals surface area contributed by atoms with E-state index in [0.717, 1.165) is 22.9 Å². The maximum atomic E-state index is 12.4. The molecule has 0 saturated heterocycles. The van der Waals surface area contributed by atoms with Crippen LogP contribution in [0.1, 0.15) is 39.8 Å². The van der Waals surface area contributed by atoms with E-state index >= 15 is 0 Å². The predicted molar refractivity (Wildman–Crippen MR) is 109 cm³/mol. The number of rotatable bonds is 6. The van der Waals surface area contributed by atoms with Crippen LogP contribution in [-0.2, 0) is 0 Å².